The summed E-state index contributed by atoms with van der Waals surface area (Å²) in [6, 6.07) is 22.8. The molecule has 5 heteroatoms. The van der Waals surface area contributed by atoms with Crippen LogP contribution < -0.4 is 15.0 Å². The lowest BCUT2D eigenvalue weighted by atomic mass is 10.1. The highest BCUT2D eigenvalue weighted by Crippen LogP contribution is 2.22. The molecule has 0 amide bonds. The summed E-state index contributed by atoms with van der Waals surface area (Å²) >= 11 is 0. The summed E-state index contributed by atoms with van der Waals surface area (Å²) in [5.74, 6) is 2.15. The Labute approximate surface area is 169 Å². The van der Waals surface area contributed by atoms with Crippen molar-refractivity contribution in [2.75, 3.05) is 13.7 Å². The van der Waals surface area contributed by atoms with Gasteiger partial charge in [-0.2, -0.15) is 0 Å². The third kappa shape index (κ3) is 3.99. The van der Waals surface area contributed by atoms with Crippen LogP contribution in [0.4, 0.5) is 0 Å². The highest BCUT2D eigenvalue weighted by molar-refractivity contribution is 5.79. The Balaban J connectivity index is 1.70. The van der Waals surface area contributed by atoms with Crippen LogP contribution >= 0.6 is 0 Å². The number of ether oxygens (including phenoxy) is 2. The fraction of sp³-hybridized carbons (Fsp3) is 0.167. The molecule has 4 rings (SSSR count). The fourth-order valence-corrected chi connectivity index (χ4v) is 3.23. The molecule has 0 unspecified atom stereocenters. The van der Waals surface area contributed by atoms with Crippen LogP contribution in [0.3, 0.4) is 0 Å². The third-order valence-corrected chi connectivity index (χ3v) is 4.81. The first-order valence-electron chi connectivity index (χ1n) is 9.49. The molecule has 1 aromatic heterocycles. The molecule has 29 heavy (non-hydrogen) atoms. The molecule has 5 nitrogen and oxygen atoms in total. The second kappa shape index (κ2) is 8.19. The van der Waals surface area contributed by atoms with Crippen molar-refractivity contribution in [2.45, 2.75) is 13.5 Å². The lowest BCUT2D eigenvalue weighted by Gasteiger charge is -2.15. The van der Waals surface area contributed by atoms with Crippen molar-refractivity contribution in [1.29, 1.82) is 0 Å². The number of benzene rings is 3. The number of hydrogen-bond acceptors (Lipinski definition) is 4. The lowest BCUT2D eigenvalue weighted by Crippen LogP contribution is -2.26. The predicted octanol–water partition coefficient (Wildman–Crippen LogP) is 4.46. The molecule has 0 N–H and O–H groups in total. The van der Waals surface area contributed by atoms with Gasteiger partial charge in [-0.15, -0.1) is 0 Å². The molecule has 0 spiro atoms. The summed E-state index contributed by atoms with van der Waals surface area (Å²) in [6.07, 6.45) is 0. The molecule has 0 aliphatic heterocycles. The zero-order valence-corrected chi connectivity index (χ0v) is 16.5. The van der Waals surface area contributed by atoms with E-state index in [0.717, 1.165) is 17.1 Å². The molecule has 146 valence electrons. The standard InChI is InChI=1S/C24H22N2O3/c1-17-7-11-20(12-8-17)29-16-15-26-23(18-9-13-19(28-2)14-10-18)25-22-6-4-3-5-21(22)24(26)27/h3-14H,15-16H2,1-2H3. The number of nitrogens with zero attached hydrogens (tertiary/aromatic N) is 2. The Morgan fingerprint density at radius 1 is 0.897 bits per heavy atom. The topological polar surface area (TPSA) is 53.3 Å². The van der Waals surface area contributed by atoms with E-state index in [0.29, 0.717) is 29.9 Å². The molecule has 1 heterocycles. The first-order valence-corrected chi connectivity index (χ1v) is 9.49. The van der Waals surface area contributed by atoms with Crippen molar-refractivity contribution in [3.63, 3.8) is 0 Å². The van der Waals surface area contributed by atoms with Crippen molar-refractivity contribution in [3.05, 3.63) is 88.7 Å². The van der Waals surface area contributed by atoms with Crippen LogP contribution in [0, 0.1) is 6.92 Å². The fourth-order valence-electron chi connectivity index (χ4n) is 3.23. The second-order valence-corrected chi connectivity index (χ2v) is 6.80. The van der Waals surface area contributed by atoms with Crippen LogP contribution in [0.2, 0.25) is 0 Å². The minimum absolute atomic E-state index is 0.0751. The summed E-state index contributed by atoms with van der Waals surface area (Å²) in [4.78, 5) is 17.9. The molecule has 0 saturated heterocycles. The maximum Gasteiger partial charge on any atom is 0.261 e. The molecule has 0 aliphatic carbocycles. The highest BCUT2D eigenvalue weighted by Gasteiger charge is 2.13. The van der Waals surface area contributed by atoms with Gasteiger partial charge in [0.15, 0.2) is 0 Å². The molecule has 0 aliphatic rings. The van der Waals surface area contributed by atoms with Crippen LogP contribution in [-0.2, 0) is 6.54 Å². The van der Waals surface area contributed by atoms with E-state index in [1.54, 1.807) is 17.7 Å². The van der Waals surface area contributed by atoms with Gasteiger partial charge in [-0.1, -0.05) is 29.8 Å². The van der Waals surface area contributed by atoms with Gasteiger partial charge in [0.1, 0.15) is 23.9 Å². The average Bonchev–Trinajstić information content (AvgIpc) is 2.76. The number of hydrogen-bond donors (Lipinski definition) is 0. The number of aromatic nitrogens is 2. The molecule has 0 fully saturated rings. The average molecular weight is 386 g/mol. The largest absolute Gasteiger partial charge is 0.497 e. The van der Waals surface area contributed by atoms with Gasteiger partial charge in [-0.25, -0.2) is 4.98 Å². The van der Waals surface area contributed by atoms with Crippen LogP contribution in [0.25, 0.3) is 22.3 Å². The molecule has 4 aromatic rings. The van der Waals surface area contributed by atoms with Gasteiger partial charge in [0.25, 0.3) is 5.56 Å². The predicted molar refractivity (Wildman–Crippen MR) is 115 cm³/mol. The van der Waals surface area contributed by atoms with Crippen LogP contribution in [0.15, 0.2) is 77.6 Å². The Kier molecular flexibility index (Phi) is 5.29. The Morgan fingerprint density at radius 2 is 1.59 bits per heavy atom. The number of aryl methyl sites for hydroxylation is 1. The van der Waals surface area contributed by atoms with E-state index < -0.39 is 0 Å². The Morgan fingerprint density at radius 3 is 2.31 bits per heavy atom. The minimum Gasteiger partial charge on any atom is -0.497 e. The summed E-state index contributed by atoms with van der Waals surface area (Å²) in [5.41, 5.74) is 2.63. The third-order valence-electron chi connectivity index (χ3n) is 4.81. The van der Waals surface area contributed by atoms with Crippen LogP contribution in [0.5, 0.6) is 11.5 Å². The van der Waals surface area contributed by atoms with E-state index in [2.05, 4.69) is 0 Å². The SMILES string of the molecule is COc1ccc(-c2nc3ccccc3c(=O)n2CCOc2ccc(C)cc2)cc1. The molecule has 0 atom stereocenters. The molecule has 0 radical (unpaired) electrons. The van der Waals surface area contributed by atoms with Gasteiger partial charge in [-0.3, -0.25) is 9.36 Å². The summed E-state index contributed by atoms with van der Waals surface area (Å²) in [5, 5.41) is 0.597. The van der Waals surface area contributed by atoms with Gasteiger partial charge in [-0.05, 0) is 55.5 Å². The van der Waals surface area contributed by atoms with Crippen molar-refractivity contribution >= 4 is 10.9 Å². The summed E-state index contributed by atoms with van der Waals surface area (Å²) in [6.45, 7) is 2.79. The first-order chi connectivity index (χ1) is 14.2. The van der Waals surface area contributed by atoms with Crippen LogP contribution in [0.1, 0.15) is 5.56 Å². The quantitative estimate of drug-likeness (QED) is 0.491. The zero-order valence-electron chi connectivity index (χ0n) is 16.5. The summed E-state index contributed by atoms with van der Waals surface area (Å²) < 4.78 is 12.8. The monoisotopic (exact) mass is 386 g/mol. The molecule has 0 bridgehead atoms. The molecular weight excluding hydrogens is 364 g/mol. The number of rotatable bonds is 6. The van der Waals surface area contributed by atoms with Gasteiger partial charge in [0.05, 0.1) is 24.6 Å². The molecular formula is C24H22N2O3. The maximum atomic E-state index is 13.2. The normalized spacial score (nSPS) is 10.8. The van der Waals surface area contributed by atoms with Crippen molar-refractivity contribution in [2.24, 2.45) is 0 Å². The summed E-state index contributed by atoms with van der Waals surface area (Å²) in [7, 11) is 1.63. The maximum absolute atomic E-state index is 13.2. The van der Waals surface area contributed by atoms with E-state index in [1.165, 1.54) is 5.56 Å². The first kappa shape index (κ1) is 18.7. The number of fused-ring (bicyclic) bond motifs is 1. The minimum atomic E-state index is -0.0751. The van der Waals surface area contributed by atoms with Gasteiger partial charge >= 0.3 is 0 Å². The van der Waals surface area contributed by atoms with E-state index in [-0.39, 0.29) is 5.56 Å². The zero-order chi connectivity index (χ0) is 20.2. The van der Waals surface area contributed by atoms with Gasteiger partial charge in [0, 0.05) is 5.56 Å². The van der Waals surface area contributed by atoms with Gasteiger partial charge in [0.2, 0.25) is 0 Å². The Bertz CT molecular complexity index is 1180. The van der Waals surface area contributed by atoms with E-state index >= 15 is 0 Å². The number of methoxy groups -OCH3 is 1. The van der Waals surface area contributed by atoms with Crippen molar-refractivity contribution in [1.82, 2.24) is 9.55 Å². The number of para-hydroxylation sites is 1. The van der Waals surface area contributed by atoms with Gasteiger partial charge < -0.3 is 9.47 Å². The lowest BCUT2D eigenvalue weighted by molar-refractivity contribution is 0.297. The Hall–Kier alpha value is -3.60. The van der Waals surface area contributed by atoms with Crippen LogP contribution in [-0.4, -0.2) is 23.3 Å². The highest BCUT2D eigenvalue weighted by atomic mass is 16.5. The molecule has 0 saturated carbocycles. The van der Waals surface area contributed by atoms with Crippen molar-refractivity contribution < 1.29 is 9.47 Å². The second-order valence-electron chi connectivity index (χ2n) is 6.80. The smallest absolute Gasteiger partial charge is 0.261 e. The van der Waals surface area contributed by atoms with Crippen molar-refractivity contribution in [3.8, 4) is 22.9 Å². The van der Waals surface area contributed by atoms with E-state index in [4.69, 9.17) is 14.5 Å². The van der Waals surface area contributed by atoms with E-state index in [9.17, 15) is 4.79 Å². The molecule has 3 aromatic carbocycles. The van der Waals surface area contributed by atoms with E-state index in [1.807, 2.05) is 73.7 Å².